The minimum atomic E-state index is 0. The molecule has 0 radical (unpaired) electrons. The van der Waals surface area contributed by atoms with Gasteiger partial charge in [-0.2, -0.15) is 0 Å². The first-order valence-electron chi connectivity index (χ1n) is 7.40. The molecule has 3 nitrogen and oxygen atoms in total. The van der Waals surface area contributed by atoms with Crippen LogP contribution in [0.4, 0.5) is 0 Å². The van der Waals surface area contributed by atoms with Crippen LogP contribution in [0.5, 0.6) is 0 Å². The maximum absolute atomic E-state index is 6.35. The molecule has 0 fully saturated rings. The molecule has 7 heteroatoms. The van der Waals surface area contributed by atoms with Crippen molar-refractivity contribution in [3.63, 3.8) is 0 Å². The molecule has 0 aliphatic carbocycles. The van der Waals surface area contributed by atoms with Gasteiger partial charge in [-0.3, -0.25) is 9.98 Å². The molecule has 2 heterocycles. The summed E-state index contributed by atoms with van der Waals surface area (Å²) >= 11 is 10.6. The number of thioether (sulfide) groups is 1. The third kappa shape index (κ3) is 5.47. The fourth-order valence-corrected chi connectivity index (χ4v) is 4.34. The van der Waals surface area contributed by atoms with E-state index in [1.54, 1.807) is 6.20 Å². The van der Waals surface area contributed by atoms with Crippen molar-refractivity contribution in [2.24, 2.45) is 4.99 Å². The van der Waals surface area contributed by atoms with Crippen molar-refractivity contribution in [1.82, 2.24) is 9.88 Å². The Kier molecular flexibility index (Phi) is 8.59. The van der Waals surface area contributed by atoms with E-state index in [1.165, 1.54) is 5.56 Å². The van der Waals surface area contributed by atoms with Crippen LogP contribution in [-0.2, 0) is 13.1 Å². The summed E-state index contributed by atoms with van der Waals surface area (Å²) in [5.41, 5.74) is 2.31. The lowest BCUT2D eigenvalue weighted by molar-refractivity contribution is 0.414. The molecule has 0 saturated heterocycles. The van der Waals surface area contributed by atoms with Gasteiger partial charge in [-0.25, -0.2) is 0 Å². The Hall–Kier alpha value is -0.0600. The summed E-state index contributed by atoms with van der Waals surface area (Å²) in [5.74, 6) is 0. The molecule has 1 aromatic carbocycles. The Morgan fingerprint density at radius 2 is 2.04 bits per heavy atom. The lowest BCUT2D eigenvalue weighted by Crippen LogP contribution is -2.27. The molecule has 1 aliphatic heterocycles. The van der Waals surface area contributed by atoms with E-state index in [1.807, 2.05) is 42.2 Å². The van der Waals surface area contributed by atoms with Gasteiger partial charge in [0.1, 0.15) is 0 Å². The van der Waals surface area contributed by atoms with Gasteiger partial charge in [-0.05, 0) is 23.3 Å². The molecule has 1 atom stereocenters. The molecule has 0 bridgehead atoms. The second-order valence-corrected chi connectivity index (χ2v) is 7.88. The lowest BCUT2D eigenvalue weighted by atomic mass is 10.2. The van der Waals surface area contributed by atoms with Crippen LogP contribution in [0.15, 0.2) is 53.8 Å². The van der Waals surface area contributed by atoms with Crippen molar-refractivity contribution >= 4 is 75.1 Å². The zero-order chi connectivity index (χ0) is 16.1. The maximum atomic E-state index is 6.35. The van der Waals surface area contributed by atoms with Gasteiger partial charge in [0.25, 0.3) is 0 Å². The second kappa shape index (κ2) is 10.2. The molecule has 2 aromatic rings. The van der Waals surface area contributed by atoms with E-state index in [4.69, 9.17) is 16.6 Å². The highest BCUT2D eigenvalue weighted by Crippen LogP contribution is 2.28. The Labute approximate surface area is 182 Å². The summed E-state index contributed by atoms with van der Waals surface area (Å²) in [6.07, 6.45) is 3.71. The Balaban J connectivity index is 0.00000208. The first-order valence-corrected chi connectivity index (χ1v) is 10.2. The third-order valence-electron chi connectivity index (χ3n) is 3.56. The fraction of sp³-hybridized carbons (Fsp3) is 0.294. The summed E-state index contributed by atoms with van der Waals surface area (Å²) in [5, 5.41) is 2.49. The molecule has 1 aromatic heterocycles. The molecule has 0 amide bonds. The number of nitrogens with zero attached hydrogens (tertiary/aromatic N) is 3. The average molecular weight is 586 g/mol. The van der Waals surface area contributed by atoms with Crippen LogP contribution in [0.3, 0.4) is 0 Å². The second-order valence-electron chi connectivity index (χ2n) is 5.33. The Morgan fingerprint density at radius 3 is 2.71 bits per heavy atom. The zero-order valence-corrected chi connectivity index (χ0v) is 19.0. The minimum absolute atomic E-state index is 0. The van der Waals surface area contributed by atoms with Crippen LogP contribution in [0.2, 0.25) is 5.02 Å². The van der Waals surface area contributed by atoms with E-state index < -0.39 is 0 Å². The van der Waals surface area contributed by atoms with E-state index in [0.29, 0.717) is 5.25 Å². The van der Waals surface area contributed by atoms with Crippen LogP contribution in [-0.4, -0.2) is 31.3 Å². The molecule has 1 aliphatic rings. The van der Waals surface area contributed by atoms with Crippen molar-refractivity contribution in [3.05, 3.63) is 64.9 Å². The predicted molar refractivity (Wildman–Crippen MR) is 123 cm³/mol. The summed E-state index contributed by atoms with van der Waals surface area (Å²) in [7, 11) is 0. The number of rotatable bonds is 5. The molecule has 0 N–H and O–H groups in total. The number of hydrogen-bond donors (Lipinski definition) is 0. The van der Waals surface area contributed by atoms with Gasteiger partial charge in [0.05, 0.1) is 6.54 Å². The van der Waals surface area contributed by atoms with E-state index in [2.05, 4.69) is 44.6 Å². The quantitative estimate of drug-likeness (QED) is 0.354. The van der Waals surface area contributed by atoms with E-state index in [0.717, 1.165) is 39.8 Å². The summed E-state index contributed by atoms with van der Waals surface area (Å²) in [6.45, 7) is 2.45. The lowest BCUT2D eigenvalue weighted by Gasteiger charge is -2.25. The van der Waals surface area contributed by atoms with Crippen molar-refractivity contribution < 1.29 is 0 Å². The molecule has 1 unspecified atom stereocenters. The van der Waals surface area contributed by atoms with Gasteiger partial charge in [-0.1, -0.05) is 70.2 Å². The highest BCUT2D eigenvalue weighted by atomic mass is 127. The topological polar surface area (TPSA) is 28.5 Å². The van der Waals surface area contributed by atoms with Gasteiger partial charge in [0.15, 0.2) is 5.17 Å². The highest BCUT2D eigenvalue weighted by Gasteiger charge is 2.24. The normalized spacial score (nSPS) is 16.4. The molecular formula is C17H18ClI2N3S. The number of aliphatic imine (C=N–C) groups is 1. The van der Waals surface area contributed by atoms with Gasteiger partial charge in [0, 0.05) is 40.2 Å². The van der Waals surface area contributed by atoms with Crippen LogP contribution in [0.1, 0.15) is 11.1 Å². The van der Waals surface area contributed by atoms with Crippen LogP contribution in [0.25, 0.3) is 0 Å². The monoisotopic (exact) mass is 585 g/mol. The van der Waals surface area contributed by atoms with Crippen molar-refractivity contribution in [2.45, 2.75) is 18.3 Å². The Morgan fingerprint density at radius 1 is 1.21 bits per heavy atom. The number of alkyl halides is 1. The first kappa shape index (κ1) is 20.3. The SMILES string of the molecule is Clc1ccccc1CN(Cc1cccnc1)C1=NCC(CI)S1.I. The van der Waals surface area contributed by atoms with Crippen molar-refractivity contribution in [2.75, 3.05) is 11.0 Å². The van der Waals surface area contributed by atoms with Crippen LogP contribution >= 0.6 is 69.9 Å². The van der Waals surface area contributed by atoms with E-state index in [9.17, 15) is 0 Å². The van der Waals surface area contributed by atoms with Crippen LogP contribution < -0.4 is 0 Å². The standard InChI is InChI=1S/C17H17ClIN3S.HI/c18-16-6-2-1-5-14(16)12-22(11-13-4-3-7-20-9-13)17-21-10-15(8-19)23-17;/h1-7,9,15H,8,10-12H2;1H. The van der Waals surface area contributed by atoms with Crippen molar-refractivity contribution in [3.8, 4) is 0 Å². The van der Waals surface area contributed by atoms with Crippen LogP contribution in [0, 0.1) is 0 Å². The predicted octanol–water partition coefficient (Wildman–Crippen LogP) is 5.26. The summed E-state index contributed by atoms with van der Waals surface area (Å²) in [6, 6.07) is 12.1. The Bertz CT molecular complexity index is 685. The minimum Gasteiger partial charge on any atom is -0.343 e. The molecule has 0 spiro atoms. The maximum Gasteiger partial charge on any atom is 0.160 e. The fourth-order valence-electron chi connectivity index (χ4n) is 2.39. The van der Waals surface area contributed by atoms with Crippen molar-refractivity contribution in [1.29, 1.82) is 0 Å². The largest absolute Gasteiger partial charge is 0.343 e. The van der Waals surface area contributed by atoms with Gasteiger partial charge in [-0.15, -0.1) is 24.0 Å². The third-order valence-corrected chi connectivity index (χ3v) is 6.84. The highest BCUT2D eigenvalue weighted by molar-refractivity contribution is 14.1. The van der Waals surface area contributed by atoms with Gasteiger partial charge < -0.3 is 4.90 Å². The number of benzene rings is 1. The van der Waals surface area contributed by atoms with Gasteiger partial charge in [0.2, 0.25) is 0 Å². The van der Waals surface area contributed by atoms with E-state index in [-0.39, 0.29) is 24.0 Å². The van der Waals surface area contributed by atoms with E-state index >= 15 is 0 Å². The molecule has 0 saturated carbocycles. The molecule has 128 valence electrons. The smallest absolute Gasteiger partial charge is 0.160 e. The molecular weight excluding hydrogens is 568 g/mol. The first-order chi connectivity index (χ1) is 11.3. The molecule has 3 rings (SSSR count). The van der Waals surface area contributed by atoms with Gasteiger partial charge >= 0.3 is 0 Å². The number of halogens is 3. The summed E-state index contributed by atoms with van der Waals surface area (Å²) < 4.78 is 1.11. The number of amidine groups is 1. The molecule has 24 heavy (non-hydrogen) atoms. The number of pyridine rings is 1. The summed E-state index contributed by atoms with van der Waals surface area (Å²) in [4.78, 5) is 11.3. The number of aromatic nitrogens is 1. The zero-order valence-electron chi connectivity index (χ0n) is 12.9. The number of hydrogen-bond acceptors (Lipinski definition) is 4. The average Bonchev–Trinajstić information content (AvgIpc) is 3.06.